The first kappa shape index (κ1) is 83.1. The zero-order chi connectivity index (χ0) is 77.6. The van der Waals surface area contributed by atoms with Crippen molar-refractivity contribution >= 4 is 0 Å². The molecule has 13 fully saturated rings. The summed E-state index contributed by atoms with van der Waals surface area (Å²) in [5, 5.41) is 235. The summed E-state index contributed by atoms with van der Waals surface area (Å²) < 4.78 is 93.7. The van der Waals surface area contributed by atoms with Crippen molar-refractivity contribution in [2.45, 2.75) is 333 Å². The summed E-state index contributed by atoms with van der Waals surface area (Å²) >= 11 is 0. The summed E-state index contributed by atoms with van der Waals surface area (Å²) in [6.07, 6.45) is -58.7. The summed E-state index contributed by atoms with van der Waals surface area (Å²) in [5.74, 6) is 1.01. The van der Waals surface area contributed by atoms with E-state index in [1.807, 2.05) is 0 Å². The smallest absolute Gasteiger partial charge is 0.187 e. The average Bonchev–Trinajstić information content (AvgIpc) is 1.54. The second-order valence-corrected chi connectivity index (χ2v) is 34.7. The Kier molecular flexibility index (Phi) is 24.0. The SMILES string of the molecule is C=C1O[C@]23CC[C@@H]4[C@@]5(C)CC[C@H](O[C@@H]6OC[C@H](O[C@@H]7O[C@H](CO)[C@@H](O)[C@H](O[C@@H]8O[C@H](CO)[C@@H](O[C@@H]9O[C@H](CO)[C@@H](O)[C@H](O)[C@H]9O)[C@H](O[C@@H]9O[C@H](CO)[C@@H](O)[C@H](O)[C@H]9O)[C@H]8O)[C@H]7O[C@@H]7OC[C@@H](O)[C@H](O)[C@H]7O)[C@H](O)[C@H]6O[C@@H]6O[C@H](CO)[C@@H](O)[C@H](O)[C@H]6O)C(C)(C)[C@@H]5CC[C@@]4(C)[C@]2(C)C[C@@H](O)[C@]12CCC(C)(C)C[C@H]23. The number of hydrogen-bond acceptors (Lipinski definition) is 36. The highest BCUT2D eigenvalue weighted by Gasteiger charge is 2.82. The molecule has 0 unspecified atom stereocenters. The standard InChI is InChI=1S/C71H116O36/c1-26-70-16-15-65(2,3)17-36(70)71(107-26)14-10-35-67(6)12-11-38(66(4,5)34(67)9-13-68(35,7)69(71,8)18-37(70)78)101-63-56(105-61-51(91)47(87)42(82)30(21-74)97-61)44(84)33(25-94-63)100-64-57(106-58-48(88)39(79)27(77)24-93-58)54(43(83)31(22-75)98-64)103-62-52(92)55(104-60-50(90)46(86)41(81)29(20-73)96-60)53(32(23-76)99-62)102-59-49(89)45(85)40(80)28(19-72)95-59/h27-64,72-92H,1,9-25H2,2-8H3/t27-,28-,29-,30-,31-,32-,33+,34+,35-,36-,37-,38+,39+,40-,41-,42-,43-,44+,45+,46+,47+,48-,49-,50-,51-,52-,53-,54+,55-,56-,57-,58+,59+,60+,61+,62+,63+,64+,67+,68-,69+,70-,71+/m1/s1. The fraction of sp³-hybridized carbons (Fsp3) is 0.972. The lowest BCUT2D eigenvalue weighted by Gasteiger charge is -2.74. The fourth-order valence-electron chi connectivity index (χ4n) is 21.9. The Morgan fingerprint density at radius 1 is 0.374 bits per heavy atom. The second-order valence-electron chi connectivity index (χ2n) is 34.7. The topological polar surface area (TPSA) is 563 Å². The van der Waals surface area contributed by atoms with Crippen LogP contribution in [0.25, 0.3) is 0 Å². The maximum atomic E-state index is 13.0. The Morgan fingerprint density at radius 2 is 0.841 bits per heavy atom. The van der Waals surface area contributed by atoms with E-state index in [0.717, 1.165) is 50.7 Å². The first-order valence-electron chi connectivity index (χ1n) is 37.8. The van der Waals surface area contributed by atoms with E-state index in [-0.39, 0.29) is 34.0 Å². The Hall–Kier alpha value is -1.86. The van der Waals surface area contributed by atoms with Crippen molar-refractivity contribution in [3.63, 3.8) is 0 Å². The Labute approximate surface area is 618 Å². The fourth-order valence-corrected chi connectivity index (χ4v) is 21.9. The van der Waals surface area contributed by atoms with E-state index in [0.29, 0.717) is 19.3 Å². The van der Waals surface area contributed by atoms with Crippen molar-refractivity contribution in [2.75, 3.05) is 46.2 Å². The Bertz CT molecular complexity index is 3030. The highest BCUT2D eigenvalue weighted by atomic mass is 16.8. The van der Waals surface area contributed by atoms with Crippen molar-refractivity contribution in [3.8, 4) is 0 Å². The molecule has 36 nitrogen and oxygen atoms in total. The largest absolute Gasteiger partial charge is 0.491 e. The van der Waals surface area contributed by atoms with Crippen molar-refractivity contribution in [1.29, 1.82) is 0 Å². The van der Waals surface area contributed by atoms with Crippen LogP contribution in [0.4, 0.5) is 0 Å². The number of ether oxygens (including phenoxy) is 15. The third kappa shape index (κ3) is 13.6. The number of fused-ring (bicyclic) bond motifs is 4. The van der Waals surface area contributed by atoms with E-state index < -0.39 is 283 Å². The summed E-state index contributed by atoms with van der Waals surface area (Å²) in [7, 11) is 0. The molecule has 13 rings (SSSR count). The maximum Gasteiger partial charge on any atom is 0.187 e. The van der Waals surface area contributed by atoms with Gasteiger partial charge in [0.15, 0.2) is 44.0 Å². The van der Waals surface area contributed by atoms with Crippen LogP contribution in [-0.4, -0.2) is 374 Å². The number of rotatable bonds is 19. The van der Waals surface area contributed by atoms with E-state index in [1.165, 1.54) is 0 Å². The van der Waals surface area contributed by atoms with E-state index in [1.54, 1.807) is 0 Å². The third-order valence-electron chi connectivity index (χ3n) is 28.2. The molecule has 107 heavy (non-hydrogen) atoms. The van der Waals surface area contributed by atoms with Gasteiger partial charge in [0, 0.05) is 11.3 Å². The Morgan fingerprint density at radius 3 is 1.40 bits per heavy atom. The van der Waals surface area contributed by atoms with E-state index in [4.69, 9.17) is 71.1 Å². The molecule has 5 saturated carbocycles. The molecule has 8 saturated heterocycles. The lowest BCUT2D eigenvalue weighted by Crippen LogP contribution is -2.74. The van der Waals surface area contributed by atoms with Crippen molar-refractivity contribution in [2.24, 2.45) is 50.2 Å². The minimum Gasteiger partial charge on any atom is -0.491 e. The molecule has 36 heteroatoms. The first-order valence-corrected chi connectivity index (χ1v) is 37.8. The summed E-state index contributed by atoms with van der Waals surface area (Å²) in [4.78, 5) is 0. The molecular weight excluding hydrogens is 1430 g/mol. The predicted octanol–water partition coefficient (Wildman–Crippen LogP) is -7.09. The highest BCUT2D eigenvalue weighted by molar-refractivity contribution is 5.35. The quantitative estimate of drug-likeness (QED) is 0.0534. The van der Waals surface area contributed by atoms with Crippen LogP contribution in [0.5, 0.6) is 0 Å². The van der Waals surface area contributed by atoms with Gasteiger partial charge in [-0.3, -0.25) is 0 Å². The summed E-state index contributed by atoms with van der Waals surface area (Å²) in [6.45, 7) is 14.2. The lowest BCUT2D eigenvalue weighted by atomic mass is 9.30. The second kappa shape index (κ2) is 31.0. The molecule has 21 N–H and O–H groups in total. The van der Waals surface area contributed by atoms with E-state index in [2.05, 4.69) is 55.0 Å². The molecular formula is C71H116O36. The van der Waals surface area contributed by atoms with Gasteiger partial charge in [0.2, 0.25) is 0 Å². The van der Waals surface area contributed by atoms with E-state index >= 15 is 0 Å². The molecule has 8 aliphatic heterocycles. The van der Waals surface area contributed by atoms with Crippen molar-refractivity contribution in [1.82, 2.24) is 0 Å². The van der Waals surface area contributed by atoms with E-state index in [9.17, 15) is 107 Å². The van der Waals surface area contributed by atoms with Gasteiger partial charge < -0.3 is 178 Å². The molecule has 1 spiro atoms. The maximum absolute atomic E-state index is 13.0. The molecule has 0 aromatic carbocycles. The lowest BCUT2D eigenvalue weighted by molar-refractivity contribution is -0.414. The third-order valence-corrected chi connectivity index (χ3v) is 28.2. The number of aliphatic hydroxyl groups is 21. The van der Waals surface area contributed by atoms with Gasteiger partial charge >= 0.3 is 0 Å². The van der Waals surface area contributed by atoms with Gasteiger partial charge in [0.1, 0.15) is 164 Å². The van der Waals surface area contributed by atoms with Crippen molar-refractivity contribution < 1.29 is 178 Å². The predicted molar refractivity (Wildman–Crippen MR) is 352 cm³/mol. The molecule has 616 valence electrons. The average molecular weight is 1550 g/mol. The van der Waals surface area contributed by atoms with Crippen molar-refractivity contribution in [3.05, 3.63) is 12.3 Å². The molecule has 2 bridgehead atoms. The summed E-state index contributed by atoms with van der Waals surface area (Å²) in [6, 6.07) is 0. The highest BCUT2D eigenvalue weighted by Crippen LogP contribution is 2.82. The van der Waals surface area contributed by atoms with Gasteiger partial charge in [0.25, 0.3) is 0 Å². The molecule has 13 aliphatic rings. The number of hydrogen-bond donors (Lipinski definition) is 21. The minimum atomic E-state index is -2.40. The van der Waals surface area contributed by atoms with Gasteiger partial charge in [0.05, 0.1) is 69.6 Å². The minimum absolute atomic E-state index is 0.0164. The monoisotopic (exact) mass is 1540 g/mol. The van der Waals surface area contributed by atoms with Gasteiger partial charge in [-0.1, -0.05) is 55.0 Å². The molecule has 0 aromatic rings. The van der Waals surface area contributed by atoms with Crippen LogP contribution < -0.4 is 0 Å². The van der Waals surface area contributed by atoms with Crippen LogP contribution in [0.15, 0.2) is 12.3 Å². The molecule has 0 radical (unpaired) electrons. The number of aliphatic hydroxyl groups excluding tert-OH is 21. The van der Waals surface area contributed by atoms with Gasteiger partial charge in [-0.2, -0.15) is 0 Å². The Balaban J connectivity index is 0.793. The summed E-state index contributed by atoms with van der Waals surface area (Å²) in [5.41, 5.74) is -2.64. The van der Waals surface area contributed by atoms with Gasteiger partial charge in [-0.25, -0.2) is 0 Å². The zero-order valence-corrected chi connectivity index (χ0v) is 61.2. The van der Waals surface area contributed by atoms with Crippen LogP contribution in [-0.2, 0) is 71.1 Å². The van der Waals surface area contributed by atoms with Crippen LogP contribution in [0.2, 0.25) is 0 Å². The molecule has 8 heterocycles. The molecule has 43 atom stereocenters. The van der Waals surface area contributed by atoms with Gasteiger partial charge in [-0.15, -0.1) is 0 Å². The van der Waals surface area contributed by atoms with Crippen LogP contribution in [0.3, 0.4) is 0 Å². The molecule has 0 aromatic heterocycles. The first-order chi connectivity index (χ1) is 50.4. The molecule has 5 aliphatic carbocycles. The van der Waals surface area contributed by atoms with Crippen LogP contribution in [0, 0.1) is 50.2 Å². The zero-order valence-electron chi connectivity index (χ0n) is 61.2. The molecule has 0 amide bonds. The normalized spacial score (nSPS) is 56.0. The van der Waals surface area contributed by atoms with Crippen LogP contribution >= 0.6 is 0 Å². The van der Waals surface area contributed by atoms with Crippen LogP contribution in [0.1, 0.15) is 113 Å². The van der Waals surface area contributed by atoms with Gasteiger partial charge in [-0.05, 0) is 97.7 Å².